The van der Waals surface area contributed by atoms with E-state index in [-0.39, 0.29) is 0 Å². The Balaban J connectivity index is 1.25. The molecule has 0 aliphatic heterocycles. The van der Waals surface area contributed by atoms with Crippen LogP contribution in [0.15, 0.2) is 93.9 Å². The first-order valence-corrected chi connectivity index (χ1v) is 13.1. The molecular weight excluding hydrogens is 514 g/mol. The molecule has 0 fully saturated rings. The fourth-order valence-corrected chi connectivity index (χ4v) is 5.94. The SMILES string of the molecule is Brc1ccc(-c2cn3nc(SCc4nc5ccccc5n4Cc4ccccc4)sc3n2)cc1. The number of rotatable bonds is 6. The van der Waals surface area contributed by atoms with E-state index in [0.29, 0.717) is 0 Å². The van der Waals surface area contributed by atoms with Crippen molar-refractivity contribution in [2.45, 2.75) is 16.6 Å². The van der Waals surface area contributed by atoms with E-state index in [9.17, 15) is 0 Å². The molecule has 0 N–H and O–H groups in total. The van der Waals surface area contributed by atoms with Gasteiger partial charge in [0.1, 0.15) is 5.82 Å². The van der Waals surface area contributed by atoms with E-state index >= 15 is 0 Å². The van der Waals surface area contributed by atoms with Crippen LogP contribution in [0.2, 0.25) is 0 Å². The Kier molecular flexibility index (Phi) is 5.49. The minimum atomic E-state index is 0.748. The summed E-state index contributed by atoms with van der Waals surface area (Å²) in [6, 6.07) is 27.0. The van der Waals surface area contributed by atoms with Crippen molar-refractivity contribution in [2.75, 3.05) is 0 Å². The number of hydrogen-bond donors (Lipinski definition) is 0. The zero-order valence-corrected chi connectivity index (χ0v) is 20.6. The molecule has 0 unspecified atom stereocenters. The van der Waals surface area contributed by atoms with Gasteiger partial charge in [-0.15, -0.1) is 5.10 Å². The number of para-hydroxylation sites is 2. The number of halogens is 1. The van der Waals surface area contributed by atoms with Crippen molar-refractivity contribution in [3.8, 4) is 11.3 Å². The molecule has 3 heterocycles. The molecule has 5 nitrogen and oxygen atoms in total. The molecule has 6 rings (SSSR count). The molecule has 0 atom stereocenters. The Morgan fingerprint density at radius 3 is 2.48 bits per heavy atom. The lowest BCUT2D eigenvalue weighted by Gasteiger charge is -2.09. The van der Waals surface area contributed by atoms with Gasteiger partial charge in [-0.25, -0.2) is 14.5 Å². The first-order valence-electron chi connectivity index (χ1n) is 10.5. The van der Waals surface area contributed by atoms with Crippen molar-refractivity contribution < 1.29 is 0 Å². The van der Waals surface area contributed by atoms with Crippen LogP contribution in [0.3, 0.4) is 0 Å². The predicted molar refractivity (Wildman–Crippen MR) is 139 cm³/mol. The summed E-state index contributed by atoms with van der Waals surface area (Å²) in [7, 11) is 0. The Hall–Kier alpha value is -2.94. The summed E-state index contributed by atoms with van der Waals surface area (Å²) in [5.41, 5.74) is 5.46. The van der Waals surface area contributed by atoms with Gasteiger partial charge in [0.25, 0.3) is 0 Å². The molecule has 3 aromatic heterocycles. The van der Waals surface area contributed by atoms with Gasteiger partial charge >= 0.3 is 0 Å². The van der Waals surface area contributed by atoms with Crippen LogP contribution in [0.4, 0.5) is 0 Å². The lowest BCUT2D eigenvalue weighted by Crippen LogP contribution is -2.04. The maximum atomic E-state index is 4.92. The molecule has 8 heteroatoms. The Morgan fingerprint density at radius 2 is 1.67 bits per heavy atom. The highest BCUT2D eigenvalue weighted by atomic mass is 79.9. The van der Waals surface area contributed by atoms with Gasteiger partial charge in [-0.2, -0.15) is 0 Å². The van der Waals surface area contributed by atoms with Crippen LogP contribution in [0.1, 0.15) is 11.4 Å². The fraction of sp³-hybridized carbons (Fsp3) is 0.0800. The second-order valence-electron chi connectivity index (χ2n) is 7.61. The lowest BCUT2D eigenvalue weighted by molar-refractivity contribution is 0.780. The van der Waals surface area contributed by atoms with Crippen LogP contribution < -0.4 is 0 Å². The van der Waals surface area contributed by atoms with Crippen molar-refractivity contribution in [3.63, 3.8) is 0 Å². The van der Waals surface area contributed by atoms with E-state index in [1.165, 1.54) is 5.56 Å². The molecule has 0 bridgehead atoms. The fourth-order valence-electron chi connectivity index (χ4n) is 3.80. The van der Waals surface area contributed by atoms with Crippen molar-refractivity contribution in [1.29, 1.82) is 0 Å². The second kappa shape index (κ2) is 8.78. The van der Waals surface area contributed by atoms with E-state index in [4.69, 9.17) is 15.1 Å². The molecule has 0 aliphatic rings. The Bertz CT molecular complexity index is 1520. The zero-order valence-electron chi connectivity index (χ0n) is 17.4. The highest BCUT2D eigenvalue weighted by Gasteiger charge is 2.14. The van der Waals surface area contributed by atoms with E-state index < -0.39 is 0 Å². The maximum absolute atomic E-state index is 4.92. The van der Waals surface area contributed by atoms with Crippen molar-refractivity contribution in [1.82, 2.24) is 24.1 Å². The van der Waals surface area contributed by atoms with Crippen LogP contribution in [0, 0.1) is 0 Å². The molecule has 33 heavy (non-hydrogen) atoms. The third-order valence-corrected chi connectivity index (χ3v) is 7.99. The third-order valence-electron chi connectivity index (χ3n) is 5.41. The van der Waals surface area contributed by atoms with Gasteiger partial charge in [0.2, 0.25) is 4.96 Å². The standard InChI is InChI=1S/C25H18BrN5S2/c26-19-12-10-18(11-13-19)21-15-31-24(28-21)33-25(29-31)32-16-23-27-20-8-4-5-9-22(20)30(23)14-17-6-2-1-3-7-17/h1-13,15H,14,16H2. The summed E-state index contributed by atoms with van der Waals surface area (Å²) in [6.07, 6.45) is 1.99. The largest absolute Gasteiger partial charge is 0.323 e. The summed E-state index contributed by atoms with van der Waals surface area (Å²) in [5.74, 6) is 1.80. The molecule has 0 amide bonds. The molecule has 3 aromatic carbocycles. The predicted octanol–water partition coefficient (Wildman–Crippen LogP) is 6.91. The van der Waals surface area contributed by atoms with Gasteiger partial charge < -0.3 is 4.57 Å². The van der Waals surface area contributed by atoms with Crippen molar-refractivity contribution in [3.05, 3.63) is 101 Å². The summed E-state index contributed by atoms with van der Waals surface area (Å²) in [5, 5.41) is 4.75. The quantitative estimate of drug-likeness (QED) is 0.219. The number of aromatic nitrogens is 5. The van der Waals surface area contributed by atoms with Gasteiger partial charge in [-0.1, -0.05) is 93.6 Å². The molecule has 6 aromatic rings. The molecule has 0 spiro atoms. The smallest absolute Gasteiger partial charge is 0.213 e. The van der Waals surface area contributed by atoms with Crippen LogP contribution in [-0.4, -0.2) is 24.1 Å². The number of imidazole rings is 2. The lowest BCUT2D eigenvalue weighted by atomic mass is 10.2. The van der Waals surface area contributed by atoms with Crippen LogP contribution in [0.5, 0.6) is 0 Å². The second-order valence-corrected chi connectivity index (χ2v) is 10.7. The molecular formula is C25H18BrN5S2. The van der Waals surface area contributed by atoms with Crippen LogP contribution in [-0.2, 0) is 12.3 Å². The number of thioether (sulfide) groups is 1. The zero-order chi connectivity index (χ0) is 22.2. The number of hydrogen-bond acceptors (Lipinski definition) is 5. The summed E-state index contributed by atoms with van der Waals surface area (Å²) >= 11 is 6.79. The van der Waals surface area contributed by atoms with Crippen LogP contribution >= 0.6 is 39.0 Å². The van der Waals surface area contributed by atoms with Gasteiger partial charge in [-0.05, 0) is 29.8 Å². The maximum Gasteiger partial charge on any atom is 0.213 e. The topological polar surface area (TPSA) is 48.0 Å². The normalized spacial score (nSPS) is 11.5. The first kappa shape index (κ1) is 20.7. The Labute approximate surface area is 207 Å². The molecule has 0 saturated heterocycles. The van der Waals surface area contributed by atoms with Crippen molar-refractivity contribution in [2.24, 2.45) is 0 Å². The minimum absolute atomic E-state index is 0.748. The molecule has 0 saturated carbocycles. The van der Waals surface area contributed by atoms with Gasteiger partial charge in [-0.3, -0.25) is 0 Å². The molecule has 0 aliphatic carbocycles. The number of benzene rings is 3. The monoisotopic (exact) mass is 531 g/mol. The molecule has 162 valence electrons. The number of fused-ring (bicyclic) bond motifs is 2. The summed E-state index contributed by atoms with van der Waals surface area (Å²) < 4.78 is 6.22. The van der Waals surface area contributed by atoms with Crippen molar-refractivity contribution >= 4 is 55.0 Å². The van der Waals surface area contributed by atoms with E-state index in [1.807, 2.05) is 35.0 Å². The van der Waals surface area contributed by atoms with E-state index in [0.717, 1.165) is 54.2 Å². The summed E-state index contributed by atoms with van der Waals surface area (Å²) in [6.45, 7) is 0.801. The van der Waals surface area contributed by atoms with E-state index in [2.05, 4.69) is 75.1 Å². The molecule has 0 radical (unpaired) electrons. The highest BCUT2D eigenvalue weighted by Crippen LogP contribution is 2.31. The summed E-state index contributed by atoms with van der Waals surface area (Å²) in [4.78, 5) is 10.6. The Morgan fingerprint density at radius 1 is 0.879 bits per heavy atom. The van der Waals surface area contributed by atoms with Gasteiger partial charge in [0, 0.05) is 16.6 Å². The van der Waals surface area contributed by atoms with E-state index in [1.54, 1.807) is 23.1 Å². The van der Waals surface area contributed by atoms with Gasteiger partial charge in [0.15, 0.2) is 4.34 Å². The van der Waals surface area contributed by atoms with Gasteiger partial charge in [0.05, 0.1) is 28.7 Å². The van der Waals surface area contributed by atoms with Crippen LogP contribution in [0.25, 0.3) is 27.3 Å². The number of nitrogens with zero attached hydrogens (tertiary/aromatic N) is 5. The minimum Gasteiger partial charge on any atom is -0.323 e. The first-order chi connectivity index (χ1) is 16.2. The average molecular weight is 532 g/mol. The highest BCUT2D eigenvalue weighted by molar-refractivity contribution is 9.10. The third kappa shape index (κ3) is 4.21. The average Bonchev–Trinajstić information content (AvgIpc) is 3.51.